The number of nitro groups is 1. The molecule has 1 aliphatic heterocycles. The molecule has 0 saturated carbocycles. The average molecular weight is 311 g/mol. The first-order valence-corrected chi connectivity index (χ1v) is 7.54. The number of hydrogen-bond acceptors (Lipinski definition) is 4. The monoisotopic (exact) mass is 311 g/mol. The molecule has 1 heterocycles. The summed E-state index contributed by atoms with van der Waals surface area (Å²) in [6.45, 7) is 4.45. The largest absolute Gasteiger partial charge is 0.494 e. The van der Waals surface area contributed by atoms with Crippen molar-refractivity contribution in [1.29, 1.82) is 0 Å². The van der Waals surface area contributed by atoms with Gasteiger partial charge in [-0.15, -0.1) is 0 Å². The van der Waals surface area contributed by atoms with E-state index in [1.54, 1.807) is 18.2 Å². The van der Waals surface area contributed by atoms with Gasteiger partial charge in [0.2, 0.25) is 0 Å². The number of para-hydroxylation sites is 1. The molecule has 3 rings (SSSR count). The Hall–Kier alpha value is -2.18. The second kappa shape index (κ2) is 6.14. The van der Waals surface area contributed by atoms with E-state index in [0.717, 1.165) is 5.46 Å². The van der Waals surface area contributed by atoms with Gasteiger partial charge in [-0.2, -0.15) is 0 Å². The average Bonchev–Trinajstić information content (AvgIpc) is 2.55. The van der Waals surface area contributed by atoms with Gasteiger partial charge in [-0.3, -0.25) is 10.1 Å². The molecule has 2 aromatic rings. The third kappa shape index (κ3) is 3.13. The summed E-state index contributed by atoms with van der Waals surface area (Å²) < 4.78 is 12.0. The Morgan fingerprint density at radius 1 is 1.13 bits per heavy atom. The van der Waals surface area contributed by atoms with Crippen molar-refractivity contribution in [2.24, 2.45) is 5.41 Å². The van der Waals surface area contributed by atoms with Crippen molar-refractivity contribution < 1.29 is 14.2 Å². The predicted octanol–water partition coefficient (Wildman–Crippen LogP) is 3.10. The zero-order valence-corrected chi connectivity index (χ0v) is 13.1. The van der Waals surface area contributed by atoms with Gasteiger partial charge in [0.25, 0.3) is 5.69 Å². The summed E-state index contributed by atoms with van der Waals surface area (Å²) in [6.07, 6.45) is -0.414. The zero-order valence-electron chi connectivity index (χ0n) is 13.1. The number of nitrogens with zero attached hydrogens (tertiary/aromatic N) is 1. The molecule has 1 atom stereocenters. The molecule has 0 N–H and O–H groups in total. The number of rotatable bonds is 3. The van der Waals surface area contributed by atoms with Gasteiger partial charge in [0.15, 0.2) is 0 Å². The topological polar surface area (TPSA) is 61.6 Å². The molecule has 5 nitrogen and oxygen atoms in total. The van der Waals surface area contributed by atoms with Crippen LogP contribution < -0.4 is 5.46 Å². The molecule has 0 amide bonds. The summed E-state index contributed by atoms with van der Waals surface area (Å²) in [7, 11) is -0.519. The van der Waals surface area contributed by atoms with Crippen LogP contribution in [0.2, 0.25) is 0 Å². The van der Waals surface area contributed by atoms with Crippen molar-refractivity contribution >= 4 is 18.3 Å². The van der Waals surface area contributed by atoms with Crippen LogP contribution >= 0.6 is 0 Å². The molecule has 1 unspecified atom stereocenters. The van der Waals surface area contributed by atoms with Gasteiger partial charge in [0, 0.05) is 18.1 Å². The van der Waals surface area contributed by atoms with Gasteiger partial charge in [0.05, 0.1) is 16.6 Å². The third-order valence-corrected chi connectivity index (χ3v) is 4.06. The lowest BCUT2D eigenvalue weighted by atomic mass is 9.72. The molecule has 0 bridgehead atoms. The molecular weight excluding hydrogens is 293 g/mol. The third-order valence-electron chi connectivity index (χ3n) is 4.06. The minimum atomic E-state index is -0.519. The van der Waals surface area contributed by atoms with Crippen molar-refractivity contribution in [3.8, 4) is 0 Å². The highest BCUT2D eigenvalue weighted by molar-refractivity contribution is 6.61. The molecule has 1 saturated heterocycles. The normalized spacial score (nSPS) is 20.3. The number of benzene rings is 2. The van der Waals surface area contributed by atoms with E-state index in [0.29, 0.717) is 12.2 Å². The highest BCUT2D eigenvalue weighted by Crippen LogP contribution is 2.43. The van der Waals surface area contributed by atoms with E-state index >= 15 is 0 Å². The Kier molecular flexibility index (Phi) is 4.19. The van der Waals surface area contributed by atoms with Gasteiger partial charge in [-0.25, -0.2) is 0 Å². The molecule has 2 aromatic carbocycles. The standard InChI is InChI=1S/C17H18BNO4/c1-17(2)12-22-18(13-8-4-3-5-9-13)23-16(17)14-10-6-7-11-15(14)19(20)21/h3-11,16H,12H2,1-2H3. The second-order valence-electron chi connectivity index (χ2n) is 6.37. The van der Waals surface area contributed by atoms with E-state index in [4.69, 9.17) is 9.31 Å². The maximum absolute atomic E-state index is 11.3. The lowest BCUT2D eigenvalue weighted by molar-refractivity contribution is -0.386. The smallest absolute Gasteiger partial charge is 0.407 e. The van der Waals surface area contributed by atoms with Crippen LogP contribution in [-0.2, 0) is 9.31 Å². The SMILES string of the molecule is CC1(C)COB(c2ccccc2)OC1c1ccccc1[N+](=O)[O-]. The van der Waals surface area contributed by atoms with Crippen molar-refractivity contribution in [2.45, 2.75) is 20.0 Å². The Labute approximate surface area is 135 Å². The maximum Gasteiger partial charge on any atom is 0.494 e. The summed E-state index contributed by atoms with van der Waals surface area (Å²) in [4.78, 5) is 11.0. The molecule has 0 spiro atoms. The van der Waals surface area contributed by atoms with E-state index in [2.05, 4.69) is 0 Å². The number of nitro benzene ring substituents is 1. The van der Waals surface area contributed by atoms with Gasteiger partial charge >= 0.3 is 7.12 Å². The predicted molar refractivity (Wildman–Crippen MR) is 88.5 cm³/mol. The molecule has 23 heavy (non-hydrogen) atoms. The van der Waals surface area contributed by atoms with Crippen LogP contribution in [0.4, 0.5) is 5.69 Å². The van der Waals surface area contributed by atoms with Crippen molar-refractivity contribution in [3.63, 3.8) is 0 Å². The van der Waals surface area contributed by atoms with Gasteiger partial charge in [-0.05, 0) is 11.5 Å². The van der Waals surface area contributed by atoms with Crippen LogP contribution in [0.1, 0.15) is 25.5 Å². The van der Waals surface area contributed by atoms with Crippen molar-refractivity contribution in [2.75, 3.05) is 6.61 Å². The van der Waals surface area contributed by atoms with Crippen LogP contribution in [0, 0.1) is 15.5 Å². The van der Waals surface area contributed by atoms with Crippen LogP contribution in [0.5, 0.6) is 0 Å². The highest BCUT2D eigenvalue weighted by atomic mass is 16.6. The van der Waals surface area contributed by atoms with E-state index in [9.17, 15) is 10.1 Å². The summed E-state index contributed by atoms with van der Waals surface area (Å²) in [6, 6.07) is 16.4. The Bertz CT molecular complexity index is 705. The van der Waals surface area contributed by atoms with Crippen LogP contribution in [0.15, 0.2) is 54.6 Å². The van der Waals surface area contributed by atoms with Crippen molar-refractivity contribution in [3.05, 3.63) is 70.3 Å². The van der Waals surface area contributed by atoms with Crippen molar-refractivity contribution in [1.82, 2.24) is 0 Å². The molecule has 118 valence electrons. The fourth-order valence-electron chi connectivity index (χ4n) is 2.87. The number of hydrogen-bond donors (Lipinski definition) is 0. The fraction of sp³-hybridized carbons (Fsp3) is 0.294. The molecule has 1 aliphatic rings. The second-order valence-corrected chi connectivity index (χ2v) is 6.37. The minimum Gasteiger partial charge on any atom is -0.407 e. The van der Waals surface area contributed by atoms with E-state index < -0.39 is 13.2 Å². The van der Waals surface area contributed by atoms with E-state index in [1.165, 1.54) is 6.07 Å². The Morgan fingerprint density at radius 3 is 2.48 bits per heavy atom. The Balaban J connectivity index is 1.97. The molecule has 0 radical (unpaired) electrons. The van der Waals surface area contributed by atoms with Crippen LogP contribution in [0.25, 0.3) is 0 Å². The molecule has 1 fully saturated rings. The minimum absolute atomic E-state index is 0.0827. The highest BCUT2D eigenvalue weighted by Gasteiger charge is 2.44. The van der Waals surface area contributed by atoms with E-state index in [1.807, 2.05) is 44.2 Å². The summed E-state index contributed by atoms with van der Waals surface area (Å²) in [5.74, 6) is 0. The van der Waals surface area contributed by atoms with Gasteiger partial charge in [-0.1, -0.05) is 56.3 Å². The maximum atomic E-state index is 11.3. The lowest BCUT2D eigenvalue weighted by Crippen LogP contribution is -2.49. The zero-order chi connectivity index (χ0) is 16.4. The first kappa shape index (κ1) is 15.7. The summed E-state index contributed by atoms with van der Waals surface area (Å²) in [5, 5.41) is 11.3. The van der Waals surface area contributed by atoms with E-state index in [-0.39, 0.29) is 16.0 Å². The summed E-state index contributed by atoms with van der Waals surface area (Å²) >= 11 is 0. The van der Waals surface area contributed by atoms with Crippen LogP contribution in [0.3, 0.4) is 0 Å². The molecule has 0 aliphatic carbocycles. The fourth-order valence-corrected chi connectivity index (χ4v) is 2.87. The van der Waals surface area contributed by atoms with Gasteiger partial charge < -0.3 is 9.31 Å². The van der Waals surface area contributed by atoms with Crippen LogP contribution in [-0.4, -0.2) is 18.6 Å². The first-order chi connectivity index (χ1) is 11.0. The van der Waals surface area contributed by atoms with Gasteiger partial charge in [0.1, 0.15) is 0 Å². The molecule has 0 aromatic heterocycles. The first-order valence-electron chi connectivity index (χ1n) is 7.54. The Morgan fingerprint density at radius 2 is 1.78 bits per heavy atom. The lowest BCUT2D eigenvalue weighted by Gasteiger charge is -2.41. The molecule has 6 heteroatoms. The quantitative estimate of drug-likeness (QED) is 0.496. The molecular formula is C17H18BNO4. The summed E-state index contributed by atoms with van der Waals surface area (Å²) in [5.41, 5.74) is 1.22.